The summed E-state index contributed by atoms with van der Waals surface area (Å²) in [7, 11) is 1.59. The van der Waals surface area contributed by atoms with E-state index in [9.17, 15) is 4.79 Å². The molecule has 0 aliphatic carbocycles. The summed E-state index contributed by atoms with van der Waals surface area (Å²) in [5, 5.41) is 5.15. The molecule has 0 aromatic heterocycles. The SMILES string of the molecule is CCc1ccc([C@H](C)NC(=O)c2cc3ccccc3cc2OC)cc1. The van der Waals surface area contributed by atoms with E-state index >= 15 is 0 Å². The number of hydrogen-bond donors (Lipinski definition) is 1. The molecule has 0 aliphatic heterocycles. The average Bonchev–Trinajstić information content (AvgIpc) is 2.66. The van der Waals surface area contributed by atoms with Gasteiger partial charge in [-0.2, -0.15) is 0 Å². The number of fused-ring (bicyclic) bond motifs is 1. The second-order valence-corrected chi connectivity index (χ2v) is 6.19. The summed E-state index contributed by atoms with van der Waals surface area (Å²) in [6.07, 6.45) is 1.01. The lowest BCUT2D eigenvalue weighted by Crippen LogP contribution is -2.27. The molecule has 0 spiro atoms. The number of ether oxygens (including phenoxy) is 1. The summed E-state index contributed by atoms with van der Waals surface area (Å²) in [6, 6.07) is 20.0. The summed E-state index contributed by atoms with van der Waals surface area (Å²) in [6.45, 7) is 4.12. The largest absolute Gasteiger partial charge is 0.496 e. The quantitative estimate of drug-likeness (QED) is 0.721. The third-order valence-electron chi connectivity index (χ3n) is 4.55. The molecule has 0 unspecified atom stereocenters. The van der Waals surface area contributed by atoms with Gasteiger partial charge in [0.15, 0.2) is 0 Å². The maximum absolute atomic E-state index is 12.8. The maximum atomic E-state index is 12.8. The maximum Gasteiger partial charge on any atom is 0.255 e. The predicted octanol–water partition coefficient (Wildman–Crippen LogP) is 4.90. The average molecular weight is 333 g/mol. The van der Waals surface area contributed by atoms with Crippen molar-refractivity contribution in [2.24, 2.45) is 0 Å². The zero-order valence-electron chi connectivity index (χ0n) is 14.9. The summed E-state index contributed by atoms with van der Waals surface area (Å²) in [5.41, 5.74) is 2.93. The lowest BCUT2D eigenvalue weighted by atomic mass is 10.0. The van der Waals surface area contributed by atoms with Crippen LogP contribution in [0.15, 0.2) is 60.7 Å². The molecule has 1 amide bonds. The highest BCUT2D eigenvalue weighted by Gasteiger charge is 2.16. The topological polar surface area (TPSA) is 38.3 Å². The Bertz CT molecular complexity index is 884. The van der Waals surface area contributed by atoms with Crippen molar-refractivity contribution in [3.8, 4) is 5.75 Å². The minimum atomic E-state index is -0.130. The molecule has 3 aromatic rings. The van der Waals surface area contributed by atoms with Crippen LogP contribution in [0.5, 0.6) is 5.75 Å². The Labute approximate surface area is 148 Å². The summed E-state index contributed by atoms with van der Waals surface area (Å²) in [5.74, 6) is 0.458. The summed E-state index contributed by atoms with van der Waals surface area (Å²) >= 11 is 0. The van der Waals surface area contributed by atoms with Gasteiger partial charge in [0.2, 0.25) is 0 Å². The number of amides is 1. The number of carbonyl (C=O) groups excluding carboxylic acids is 1. The summed E-state index contributed by atoms with van der Waals surface area (Å²) in [4.78, 5) is 12.8. The van der Waals surface area contributed by atoms with Gasteiger partial charge in [0.25, 0.3) is 5.91 Å². The Morgan fingerprint density at radius 2 is 1.68 bits per heavy atom. The van der Waals surface area contributed by atoms with Crippen molar-refractivity contribution >= 4 is 16.7 Å². The van der Waals surface area contributed by atoms with Crippen molar-refractivity contribution < 1.29 is 9.53 Å². The molecule has 3 aromatic carbocycles. The van der Waals surface area contributed by atoms with Crippen molar-refractivity contribution in [3.63, 3.8) is 0 Å². The lowest BCUT2D eigenvalue weighted by Gasteiger charge is -2.16. The third-order valence-corrected chi connectivity index (χ3v) is 4.55. The number of methoxy groups -OCH3 is 1. The Morgan fingerprint density at radius 1 is 1.04 bits per heavy atom. The number of nitrogens with one attached hydrogen (secondary N) is 1. The van der Waals surface area contributed by atoms with E-state index in [1.54, 1.807) is 7.11 Å². The molecule has 0 aliphatic rings. The first kappa shape index (κ1) is 17.0. The molecule has 0 radical (unpaired) electrons. The number of benzene rings is 3. The number of hydrogen-bond acceptors (Lipinski definition) is 2. The Morgan fingerprint density at radius 3 is 2.28 bits per heavy atom. The molecule has 1 N–H and O–H groups in total. The van der Waals surface area contributed by atoms with Gasteiger partial charge in [-0.3, -0.25) is 4.79 Å². The molecule has 0 fully saturated rings. The third kappa shape index (κ3) is 3.66. The van der Waals surface area contributed by atoms with E-state index in [2.05, 4.69) is 36.5 Å². The van der Waals surface area contributed by atoms with Gasteiger partial charge >= 0.3 is 0 Å². The van der Waals surface area contributed by atoms with Crippen molar-refractivity contribution in [2.75, 3.05) is 7.11 Å². The lowest BCUT2D eigenvalue weighted by molar-refractivity contribution is 0.0937. The van der Waals surface area contributed by atoms with E-state index in [-0.39, 0.29) is 11.9 Å². The highest BCUT2D eigenvalue weighted by Crippen LogP contribution is 2.26. The van der Waals surface area contributed by atoms with E-state index in [4.69, 9.17) is 4.74 Å². The van der Waals surface area contributed by atoms with Crippen LogP contribution in [-0.4, -0.2) is 13.0 Å². The molecular weight excluding hydrogens is 310 g/mol. The smallest absolute Gasteiger partial charge is 0.255 e. The van der Waals surface area contributed by atoms with Crippen LogP contribution >= 0.6 is 0 Å². The monoisotopic (exact) mass is 333 g/mol. The molecule has 0 bridgehead atoms. The van der Waals surface area contributed by atoms with E-state index in [1.165, 1.54) is 5.56 Å². The first-order valence-corrected chi connectivity index (χ1v) is 8.59. The minimum absolute atomic E-state index is 0.0745. The second-order valence-electron chi connectivity index (χ2n) is 6.19. The Balaban J connectivity index is 1.85. The van der Waals surface area contributed by atoms with Crippen molar-refractivity contribution in [2.45, 2.75) is 26.3 Å². The zero-order chi connectivity index (χ0) is 17.8. The van der Waals surface area contributed by atoms with Crippen LogP contribution in [0, 0.1) is 0 Å². The molecule has 128 valence electrons. The van der Waals surface area contributed by atoms with Crippen LogP contribution < -0.4 is 10.1 Å². The molecule has 1 atom stereocenters. The van der Waals surface area contributed by atoms with Gasteiger partial charge in [0, 0.05) is 0 Å². The van der Waals surface area contributed by atoms with Gasteiger partial charge in [-0.15, -0.1) is 0 Å². The van der Waals surface area contributed by atoms with Gasteiger partial charge in [0.1, 0.15) is 5.75 Å². The van der Waals surface area contributed by atoms with E-state index in [1.807, 2.05) is 43.3 Å². The van der Waals surface area contributed by atoms with Crippen LogP contribution in [-0.2, 0) is 6.42 Å². The fraction of sp³-hybridized carbons (Fsp3) is 0.227. The molecule has 0 heterocycles. The molecule has 25 heavy (non-hydrogen) atoms. The molecule has 0 saturated heterocycles. The van der Waals surface area contributed by atoms with Crippen LogP contribution in [0.25, 0.3) is 10.8 Å². The van der Waals surface area contributed by atoms with Crippen LogP contribution in [0.2, 0.25) is 0 Å². The fourth-order valence-electron chi connectivity index (χ4n) is 2.97. The van der Waals surface area contributed by atoms with Crippen molar-refractivity contribution in [1.82, 2.24) is 5.32 Å². The molecule has 0 saturated carbocycles. The first-order valence-electron chi connectivity index (χ1n) is 8.59. The fourth-order valence-corrected chi connectivity index (χ4v) is 2.97. The Kier molecular flexibility index (Phi) is 5.03. The van der Waals surface area contributed by atoms with Gasteiger partial charge in [-0.1, -0.05) is 55.5 Å². The van der Waals surface area contributed by atoms with Crippen LogP contribution in [0.1, 0.15) is 41.4 Å². The molecular formula is C22H23NO2. The number of rotatable bonds is 5. The van der Waals surface area contributed by atoms with E-state index in [0.717, 1.165) is 22.8 Å². The zero-order valence-corrected chi connectivity index (χ0v) is 14.9. The van der Waals surface area contributed by atoms with Gasteiger partial charge in [-0.05, 0) is 47.4 Å². The summed E-state index contributed by atoms with van der Waals surface area (Å²) < 4.78 is 5.43. The highest BCUT2D eigenvalue weighted by molar-refractivity contribution is 6.01. The van der Waals surface area contributed by atoms with Crippen LogP contribution in [0.4, 0.5) is 0 Å². The highest BCUT2D eigenvalue weighted by atomic mass is 16.5. The van der Waals surface area contributed by atoms with Crippen molar-refractivity contribution in [3.05, 3.63) is 77.4 Å². The number of carbonyl (C=O) groups is 1. The molecule has 3 rings (SSSR count). The van der Waals surface area contributed by atoms with Gasteiger partial charge < -0.3 is 10.1 Å². The number of aryl methyl sites for hydroxylation is 1. The van der Waals surface area contributed by atoms with E-state index < -0.39 is 0 Å². The van der Waals surface area contributed by atoms with Gasteiger partial charge in [-0.25, -0.2) is 0 Å². The van der Waals surface area contributed by atoms with Crippen molar-refractivity contribution in [1.29, 1.82) is 0 Å². The van der Waals surface area contributed by atoms with E-state index in [0.29, 0.717) is 11.3 Å². The molecule has 3 nitrogen and oxygen atoms in total. The standard InChI is InChI=1S/C22H23NO2/c1-4-16-9-11-17(12-10-16)15(2)23-22(24)20-13-18-7-5-6-8-19(18)14-21(20)25-3/h5-15H,4H2,1-3H3,(H,23,24)/t15-/m0/s1. The Hall–Kier alpha value is -2.81. The van der Waals surface area contributed by atoms with Crippen LogP contribution in [0.3, 0.4) is 0 Å². The van der Waals surface area contributed by atoms with Gasteiger partial charge in [0.05, 0.1) is 18.7 Å². The normalized spacial score (nSPS) is 12.0. The second kappa shape index (κ2) is 7.39. The predicted molar refractivity (Wildman–Crippen MR) is 102 cm³/mol. The first-order chi connectivity index (χ1) is 12.1. The molecule has 3 heteroatoms. The minimum Gasteiger partial charge on any atom is -0.496 e.